The molecule has 2 heteroatoms. The van der Waals surface area contributed by atoms with Crippen LogP contribution < -0.4 is 9.80 Å². The molecule has 5 aromatic rings. The molecule has 0 spiro atoms. The Hall–Kier alpha value is -4.82. The van der Waals surface area contributed by atoms with Crippen LogP contribution in [0.15, 0.2) is 132 Å². The number of fused-ring (bicyclic) bond motifs is 2. The lowest BCUT2D eigenvalue weighted by atomic mass is 9.81. The van der Waals surface area contributed by atoms with E-state index in [0.717, 1.165) is 19.3 Å². The third kappa shape index (κ3) is 9.50. The summed E-state index contributed by atoms with van der Waals surface area (Å²) in [6.45, 7) is 23.4. The first-order valence-electron chi connectivity index (χ1n) is 26.3. The maximum atomic E-state index is 2.83. The summed E-state index contributed by atoms with van der Waals surface area (Å²) in [6, 6.07) is 34.8. The van der Waals surface area contributed by atoms with Crippen molar-refractivity contribution >= 4 is 44.3 Å². The van der Waals surface area contributed by atoms with Gasteiger partial charge in [0.05, 0.1) is 17.4 Å². The molecule has 0 bridgehead atoms. The van der Waals surface area contributed by atoms with Crippen LogP contribution in [-0.2, 0) is 5.41 Å². The van der Waals surface area contributed by atoms with E-state index >= 15 is 0 Å². The van der Waals surface area contributed by atoms with Crippen molar-refractivity contribution in [2.75, 3.05) is 9.80 Å². The fourth-order valence-corrected chi connectivity index (χ4v) is 11.8. The Balaban J connectivity index is 1.39. The molecule has 0 radical (unpaired) electrons. The zero-order valence-corrected chi connectivity index (χ0v) is 42.4. The second-order valence-electron chi connectivity index (χ2n) is 23.4. The van der Waals surface area contributed by atoms with Crippen molar-refractivity contribution < 1.29 is 0 Å². The number of benzene rings is 5. The van der Waals surface area contributed by atoms with Crippen LogP contribution >= 0.6 is 0 Å². The summed E-state index contributed by atoms with van der Waals surface area (Å²) < 4.78 is 0. The van der Waals surface area contributed by atoms with Crippen molar-refractivity contribution in [3.05, 3.63) is 154 Å². The summed E-state index contributed by atoms with van der Waals surface area (Å²) in [5, 5.41) is 5.46. The molecule has 2 fully saturated rings. The zero-order chi connectivity index (χ0) is 46.3. The van der Waals surface area contributed by atoms with Crippen LogP contribution in [0, 0.1) is 11.3 Å². The largest absolute Gasteiger partial charge is 0.337 e. The van der Waals surface area contributed by atoms with Crippen LogP contribution in [0.5, 0.6) is 0 Å². The van der Waals surface area contributed by atoms with E-state index in [2.05, 4.69) is 194 Å². The molecule has 2 nitrogen and oxygen atoms in total. The molecule has 0 amide bonds. The summed E-state index contributed by atoms with van der Waals surface area (Å²) in [5.74, 6) is 2.20. The molecule has 2 saturated carbocycles. The quantitative estimate of drug-likeness (QED) is 0.102. The first-order chi connectivity index (χ1) is 31.7. The number of allylic oxidation sites excluding steroid dienone is 6. The average molecular weight is 877 g/mol. The lowest BCUT2D eigenvalue weighted by molar-refractivity contribution is 0.444. The molecular weight excluding hydrogens is 797 g/mol. The van der Waals surface area contributed by atoms with E-state index in [1.807, 2.05) is 0 Å². The molecule has 0 saturated heterocycles. The summed E-state index contributed by atoms with van der Waals surface area (Å²) in [4.78, 5) is 5.47. The van der Waals surface area contributed by atoms with Gasteiger partial charge in [0.2, 0.25) is 0 Å². The molecule has 9 rings (SSSR count). The van der Waals surface area contributed by atoms with Gasteiger partial charge in [-0.15, -0.1) is 0 Å². The maximum absolute atomic E-state index is 2.83. The Kier molecular flexibility index (Phi) is 13.4. The third-order valence-corrected chi connectivity index (χ3v) is 16.0. The van der Waals surface area contributed by atoms with Gasteiger partial charge < -0.3 is 9.80 Å². The van der Waals surface area contributed by atoms with Crippen LogP contribution in [0.1, 0.15) is 193 Å². The molecule has 4 aliphatic rings. The second kappa shape index (κ2) is 19.1. The van der Waals surface area contributed by atoms with Crippen molar-refractivity contribution in [1.29, 1.82) is 0 Å². The van der Waals surface area contributed by atoms with E-state index in [0.29, 0.717) is 23.7 Å². The highest BCUT2D eigenvalue weighted by Gasteiger charge is 2.32. The van der Waals surface area contributed by atoms with Gasteiger partial charge in [0.15, 0.2) is 0 Å². The van der Waals surface area contributed by atoms with Crippen LogP contribution in [0.2, 0.25) is 0 Å². The summed E-state index contributed by atoms with van der Waals surface area (Å²) in [5.41, 5.74) is 15.5. The van der Waals surface area contributed by atoms with E-state index in [1.54, 1.807) is 5.57 Å². The molecule has 4 aliphatic carbocycles. The van der Waals surface area contributed by atoms with Gasteiger partial charge in [-0.05, 0) is 150 Å². The lowest BCUT2D eigenvalue weighted by Gasteiger charge is -2.40. The van der Waals surface area contributed by atoms with Crippen molar-refractivity contribution in [2.24, 2.45) is 11.3 Å². The van der Waals surface area contributed by atoms with Crippen molar-refractivity contribution in [3.8, 4) is 0 Å². The van der Waals surface area contributed by atoms with Crippen molar-refractivity contribution in [1.82, 2.24) is 0 Å². The normalized spacial score (nSPS) is 19.1. The summed E-state index contributed by atoms with van der Waals surface area (Å²) in [7, 11) is 0. The lowest BCUT2D eigenvalue weighted by Crippen LogP contribution is -2.35. The Morgan fingerprint density at radius 2 is 1.08 bits per heavy atom. The van der Waals surface area contributed by atoms with Gasteiger partial charge in [-0.2, -0.15) is 0 Å². The minimum Gasteiger partial charge on any atom is -0.337 e. The van der Waals surface area contributed by atoms with Crippen LogP contribution in [0.4, 0.5) is 22.7 Å². The predicted molar refractivity (Wildman–Crippen MR) is 288 cm³/mol. The number of nitrogens with zero attached hydrogens (tertiary/aromatic N) is 2. The zero-order valence-electron chi connectivity index (χ0n) is 42.4. The van der Waals surface area contributed by atoms with Crippen molar-refractivity contribution in [2.45, 2.75) is 182 Å². The van der Waals surface area contributed by atoms with E-state index in [9.17, 15) is 0 Å². The topological polar surface area (TPSA) is 6.48 Å². The van der Waals surface area contributed by atoms with Gasteiger partial charge in [0.25, 0.3) is 0 Å². The molecule has 0 heterocycles. The number of hydrogen-bond acceptors (Lipinski definition) is 2. The van der Waals surface area contributed by atoms with E-state index in [-0.39, 0.29) is 16.9 Å². The SMILES string of the molecule is CC(C)C1=CC=C(N(c2c3ccc(C4CCCCC4)cc3c(N(c3ccc(C(C)C)cc3)c3ccc(C(C)(C)C)cc3)c3ccc(C4CCCCC4)cc23)C2C=CC(C(C)(C)C)=CC2)CC1. The first kappa shape index (κ1) is 46.3. The Labute approximate surface area is 400 Å². The Morgan fingerprint density at radius 1 is 0.530 bits per heavy atom. The maximum Gasteiger partial charge on any atom is 0.0620 e. The molecule has 66 heavy (non-hydrogen) atoms. The third-order valence-electron chi connectivity index (χ3n) is 16.0. The number of hydrogen-bond donors (Lipinski definition) is 0. The van der Waals surface area contributed by atoms with E-state index < -0.39 is 0 Å². The predicted octanol–water partition coefficient (Wildman–Crippen LogP) is 19.3. The number of rotatable bonds is 10. The van der Waals surface area contributed by atoms with Gasteiger partial charge in [-0.1, -0.05) is 186 Å². The molecule has 0 N–H and O–H groups in total. The molecule has 0 aliphatic heterocycles. The highest BCUT2D eigenvalue weighted by atomic mass is 15.2. The first-order valence-corrected chi connectivity index (χ1v) is 26.3. The fourth-order valence-electron chi connectivity index (χ4n) is 11.8. The van der Waals surface area contributed by atoms with Gasteiger partial charge in [-0.3, -0.25) is 0 Å². The molecule has 346 valence electrons. The van der Waals surface area contributed by atoms with Crippen LogP contribution in [0.3, 0.4) is 0 Å². The fraction of sp³-hybridized carbons (Fsp3) is 0.469. The average Bonchev–Trinajstić information content (AvgIpc) is 3.32. The van der Waals surface area contributed by atoms with E-state index in [4.69, 9.17) is 0 Å². The van der Waals surface area contributed by atoms with Gasteiger partial charge >= 0.3 is 0 Å². The number of anilines is 4. The molecule has 1 unspecified atom stereocenters. The van der Waals surface area contributed by atoms with Gasteiger partial charge in [0.1, 0.15) is 0 Å². The smallest absolute Gasteiger partial charge is 0.0620 e. The van der Waals surface area contributed by atoms with Crippen LogP contribution in [-0.4, -0.2) is 6.04 Å². The summed E-state index contributed by atoms with van der Waals surface area (Å²) in [6.07, 6.45) is 28.8. The van der Waals surface area contributed by atoms with E-state index in [1.165, 1.54) is 142 Å². The standard InChI is InChI=1S/C64H80N2/c1-43(2)45-21-31-53(32-22-45)65(55-35-27-51(28-36-55)63(5,6)7)61-57-39-25-50(48-19-15-12-16-20-48)42-60(57)62(58-40-26-49(41-59(58)61)47-17-13-11-14-18-47)66(54-33-23-46(24-34-54)44(3)4)56-37-29-52(30-38-56)64(8,9)10/h21-23,25-33,35-37,39-44,47-48,56H,11-20,24,34,38H2,1-10H3. The highest BCUT2D eigenvalue weighted by molar-refractivity contribution is 6.22. The van der Waals surface area contributed by atoms with Crippen LogP contribution in [0.25, 0.3) is 21.5 Å². The van der Waals surface area contributed by atoms with Gasteiger partial charge in [0, 0.05) is 38.6 Å². The second-order valence-corrected chi connectivity index (χ2v) is 23.4. The molecule has 0 aromatic heterocycles. The van der Waals surface area contributed by atoms with Gasteiger partial charge in [-0.25, -0.2) is 0 Å². The monoisotopic (exact) mass is 877 g/mol. The molecule has 5 aromatic carbocycles. The highest BCUT2D eigenvalue weighted by Crippen LogP contribution is 2.52. The van der Waals surface area contributed by atoms with Crippen molar-refractivity contribution in [3.63, 3.8) is 0 Å². The molecular formula is C64H80N2. The Morgan fingerprint density at radius 3 is 1.55 bits per heavy atom. The Bertz CT molecular complexity index is 2640. The molecule has 1 atom stereocenters. The minimum atomic E-state index is 0.0620. The summed E-state index contributed by atoms with van der Waals surface area (Å²) >= 11 is 0. The minimum absolute atomic E-state index is 0.0620.